The zero-order chi connectivity index (χ0) is 15.7. The van der Waals surface area contributed by atoms with E-state index in [1.165, 1.54) is 13.2 Å². The molecule has 0 fully saturated rings. The number of nitrogens with one attached hydrogen (secondary N) is 1. The third kappa shape index (κ3) is 5.65. The van der Waals surface area contributed by atoms with E-state index in [9.17, 15) is 8.42 Å². The molecule has 2 N–H and O–H groups in total. The molecule has 0 bridgehead atoms. The molecule has 0 heterocycles. The highest BCUT2D eigenvalue weighted by molar-refractivity contribution is 7.89. The van der Waals surface area contributed by atoms with Crippen molar-refractivity contribution in [3.8, 4) is 5.75 Å². The molecule has 0 saturated carbocycles. The van der Waals surface area contributed by atoms with E-state index in [0.717, 1.165) is 25.7 Å². The molecule has 0 unspecified atom stereocenters. The first-order chi connectivity index (χ1) is 10.0. The van der Waals surface area contributed by atoms with E-state index in [1.54, 1.807) is 12.1 Å². The van der Waals surface area contributed by atoms with E-state index >= 15 is 0 Å². The molecule has 120 valence electrons. The molecule has 0 spiro atoms. The Morgan fingerprint density at radius 1 is 1.24 bits per heavy atom. The number of hydrogen-bond acceptors (Lipinski definition) is 4. The molecule has 0 amide bonds. The van der Waals surface area contributed by atoms with Gasteiger partial charge in [0.25, 0.3) is 0 Å². The van der Waals surface area contributed by atoms with Gasteiger partial charge in [0.2, 0.25) is 10.0 Å². The molecule has 5 nitrogen and oxygen atoms in total. The first-order valence-electron chi connectivity index (χ1n) is 7.32. The van der Waals surface area contributed by atoms with Crippen molar-refractivity contribution in [2.24, 2.45) is 0 Å². The summed E-state index contributed by atoms with van der Waals surface area (Å²) in [6.45, 7) is 2.45. The Kier molecular flexibility index (Phi) is 7.71. The Hall–Kier alpha value is -1.11. The van der Waals surface area contributed by atoms with Gasteiger partial charge in [-0.05, 0) is 36.6 Å². The minimum Gasteiger partial charge on any atom is -0.497 e. The molecule has 1 aromatic rings. The van der Waals surface area contributed by atoms with Crippen LogP contribution in [0.4, 0.5) is 0 Å². The fourth-order valence-electron chi connectivity index (χ4n) is 2.10. The second kappa shape index (κ2) is 9.02. The van der Waals surface area contributed by atoms with Gasteiger partial charge < -0.3 is 9.84 Å². The Morgan fingerprint density at radius 2 is 2.00 bits per heavy atom. The van der Waals surface area contributed by atoms with Crippen molar-refractivity contribution in [1.82, 2.24) is 4.72 Å². The van der Waals surface area contributed by atoms with E-state index < -0.39 is 10.0 Å². The summed E-state index contributed by atoms with van der Waals surface area (Å²) in [6.07, 6.45) is 4.36. The Bertz CT molecular complexity index is 528. The van der Waals surface area contributed by atoms with Crippen molar-refractivity contribution in [3.63, 3.8) is 0 Å². The normalized spacial score (nSPS) is 11.6. The average Bonchev–Trinajstić information content (AvgIpc) is 2.47. The molecule has 6 heteroatoms. The van der Waals surface area contributed by atoms with Crippen LogP contribution in [-0.4, -0.2) is 33.8 Å². The van der Waals surface area contributed by atoms with Gasteiger partial charge in [-0.15, -0.1) is 0 Å². The van der Waals surface area contributed by atoms with Gasteiger partial charge in [0.05, 0.1) is 12.0 Å². The van der Waals surface area contributed by atoms with E-state index in [4.69, 9.17) is 9.84 Å². The first-order valence-corrected chi connectivity index (χ1v) is 8.81. The van der Waals surface area contributed by atoms with E-state index in [2.05, 4.69) is 11.6 Å². The second-order valence-electron chi connectivity index (χ2n) is 4.91. The topological polar surface area (TPSA) is 75.6 Å². The van der Waals surface area contributed by atoms with E-state index in [1.807, 2.05) is 0 Å². The smallest absolute Gasteiger partial charge is 0.240 e. The lowest BCUT2D eigenvalue weighted by molar-refractivity contribution is 0.298. The summed E-state index contributed by atoms with van der Waals surface area (Å²) >= 11 is 0. The maximum atomic E-state index is 12.3. The summed E-state index contributed by atoms with van der Waals surface area (Å²) in [5.74, 6) is 0.584. The lowest BCUT2D eigenvalue weighted by atomic mass is 10.1. The molecule has 0 aromatic heterocycles. The summed E-state index contributed by atoms with van der Waals surface area (Å²) in [7, 11) is -2.02. The van der Waals surface area contributed by atoms with Crippen LogP contribution in [0.3, 0.4) is 0 Å². The van der Waals surface area contributed by atoms with Crippen LogP contribution in [0.1, 0.15) is 38.2 Å². The summed E-state index contributed by atoms with van der Waals surface area (Å²) in [5, 5.41) is 9.09. The highest BCUT2D eigenvalue weighted by atomic mass is 32.2. The maximum Gasteiger partial charge on any atom is 0.240 e. The molecule has 21 heavy (non-hydrogen) atoms. The molecule has 0 aliphatic rings. The number of sulfonamides is 1. The van der Waals surface area contributed by atoms with Gasteiger partial charge in [0.1, 0.15) is 5.75 Å². The van der Waals surface area contributed by atoms with Gasteiger partial charge in [-0.2, -0.15) is 0 Å². The summed E-state index contributed by atoms with van der Waals surface area (Å²) in [4.78, 5) is 0.216. The number of aliphatic hydroxyl groups excluding tert-OH is 1. The van der Waals surface area contributed by atoms with E-state index in [0.29, 0.717) is 17.9 Å². The lowest BCUT2D eigenvalue weighted by Crippen LogP contribution is -2.26. The van der Waals surface area contributed by atoms with Crippen molar-refractivity contribution in [1.29, 1.82) is 0 Å². The number of aliphatic hydroxyl groups is 1. The first kappa shape index (κ1) is 17.9. The van der Waals surface area contributed by atoms with Gasteiger partial charge >= 0.3 is 0 Å². The number of ether oxygens (including phenoxy) is 1. The average molecular weight is 315 g/mol. The van der Waals surface area contributed by atoms with E-state index in [-0.39, 0.29) is 17.9 Å². The zero-order valence-electron chi connectivity index (χ0n) is 12.8. The van der Waals surface area contributed by atoms with Gasteiger partial charge in [-0.1, -0.05) is 26.2 Å². The Morgan fingerprint density at radius 3 is 2.62 bits per heavy atom. The second-order valence-corrected chi connectivity index (χ2v) is 6.64. The highest BCUT2D eigenvalue weighted by Crippen LogP contribution is 2.22. The number of methoxy groups -OCH3 is 1. The van der Waals surface area contributed by atoms with Crippen molar-refractivity contribution < 1.29 is 18.3 Å². The summed E-state index contributed by atoms with van der Waals surface area (Å²) in [6, 6.07) is 4.80. The molecule has 0 aliphatic carbocycles. The molecule has 0 radical (unpaired) electrons. The quantitative estimate of drug-likeness (QED) is 0.648. The summed E-state index contributed by atoms with van der Waals surface area (Å²) < 4.78 is 32.4. The van der Waals surface area contributed by atoms with Gasteiger partial charge in [0, 0.05) is 13.2 Å². The number of rotatable bonds is 10. The predicted octanol–water partition coefficient (Wildman–Crippen LogP) is 2.09. The minimum atomic E-state index is -3.54. The fourth-order valence-corrected chi connectivity index (χ4v) is 3.42. The molecule has 1 aromatic carbocycles. The van der Waals surface area contributed by atoms with Crippen LogP contribution < -0.4 is 9.46 Å². The van der Waals surface area contributed by atoms with Crippen LogP contribution in [0.15, 0.2) is 23.1 Å². The largest absolute Gasteiger partial charge is 0.497 e. The molecule has 0 saturated heterocycles. The minimum absolute atomic E-state index is 0.105. The number of unbranched alkanes of at least 4 members (excludes halogenated alkanes) is 3. The van der Waals surface area contributed by atoms with Gasteiger partial charge in [-0.25, -0.2) is 13.1 Å². The molecular weight excluding hydrogens is 290 g/mol. The Labute approximate surface area is 127 Å². The molecule has 0 aliphatic heterocycles. The third-order valence-corrected chi connectivity index (χ3v) is 4.82. The standard InChI is InChI=1S/C15H25NO4S/c1-3-4-5-6-10-16-21(18,19)15-8-7-14(20-2)12-13(15)9-11-17/h7-8,12,16-17H,3-6,9-11H2,1-2H3. The SMILES string of the molecule is CCCCCCNS(=O)(=O)c1ccc(OC)cc1CCO. The molecule has 1 rings (SSSR count). The van der Waals surface area contributed by atoms with Crippen molar-refractivity contribution in [2.75, 3.05) is 20.3 Å². The summed E-state index contributed by atoms with van der Waals surface area (Å²) in [5.41, 5.74) is 0.568. The van der Waals surface area contributed by atoms with Gasteiger partial charge in [0.15, 0.2) is 0 Å². The fraction of sp³-hybridized carbons (Fsp3) is 0.600. The van der Waals surface area contributed by atoms with Crippen LogP contribution in [-0.2, 0) is 16.4 Å². The number of benzene rings is 1. The maximum absolute atomic E-state index is 12.3. The number of hydrogen-bond donors (Lipinski definition) is 2. The van der Waals surface area contributed by atoms with Crippen molar-refractivity contribution in [3.05, 3.63) is 23.8 Å². The van der Waals surface area contributed by atoms with Crippen LogP contribution in [0, 0.1) is 0 Å². The van der Waals surface area contributed by atoms with Crippen molar-refractivity contribution in [2.45, 2.75) is 43.9 Å². The molecule has 0 atom stereocenters. The molecular formula is C15H25NO4S. The van der Waals surface area contributed by atoms with Crippen LogP contribution in [0.25, 0.3) is 0 Å². The van der Waals surface area contributed by atoms with Gasteiger partial charge in [-0.3, -0.25) is 0 Å². The zero-order valence-corrected chi connectivity index (χ0v) is 13.6. The predicted molar refractivity (Wildman–Crippen MR) is 83.1 cm³/mol. The van der Waals surface area contributed by atoms with Crippen LogP contribution in [0.5, 0.6) is 5.75 Å². The van der Waals surface area contributed by atoms with Crippen LogP contribution >= 0.6 is 0 Å². The monoisotopic (exact) mass is 315 g/mol. The van der Waals surface area contributed by atoms with Crippen LogP contribution in [0.2, 0.25) is 0 Å². The Balaban J connectivity index is 2.81. The highest BCUT2D eigenvalue weighted by Gasteiger charge is 2.18. The third-order valence-electron chi connectivity index (χ3n) is 3.26. The lowest BCUT2D eigenvalue weighted by Gasteiger charge is -2.12. The van der Waals surface area contributed by atoms with Crippen molar-refractivity contribution >= 4 is 10.0 Å².